The van der Waals surface area contributed by atoms with E-state index >= 15 is 0 Å². The SMILES string of the molecule is Cc1nc(C)c(-c2onc(N)c2-c2cccs2)s1. The maximum absolute atomic E-state index is 5.91. The summed E-state index contributed by atoms with van der Waals surface area (Å²) in [5, 5.41) is 6.91. The zero-order valence-electron chi connectivity index (χ0n) is 9.93. The van der Waals surface area contributed by atoms with Crippen LogP contribution in [0.15, 0.2) is 22.0 Å². The summed E-state index contributed by atoms with van der Waals surface area (Å²) in [4.78, 5) is 6.48. The molecule has 0 amide bonds. The Morgan fingerprint density at radius 3 is 2.78 bits per heavy atom. The molecule has 0 spiro atoms. The summed E-state index contributed by atoms with van der Waals surface area (Å²) < 4.78 is 5.40. The minimum Gasteiger partial charge on any atom is -0.380 e. The van der Waals surface area contributed by atoms with Crippen LogP contribution < -0.4 is 5.73 Å². The fourth-order valence-corrected chi connectivity index (χ4v) is 3.54. The van der Waals surface area contributed by atoms with Crippen molar-refractivity contribution in [3.05, 3.63) is 28.2 Å². The molecule has 0 aliphatic heterocycles. The van der Waals surface area contributed by atoms with Crippen LogP contribution in [-0.4, -0.2) is 10.1 Å². The molecule has 0 saturated carbocycles. The first-order valence-corrected chi connectivity index (χ1v) is 7.10. The molecule has 3 heterocycles. The van der Waals surface area contributed by atoms with Crippen LogP contribution in [0.1, 0.15) is 10.7 Å². The number of nitrogen functional groups attached to an aromatic ring is 1. The first-order valence-electron chi connectivity index (χ1n) is 5.40. The lowest BCUT2D eigenvalue weighted by atomic mass is 10.1. The highest BCUT2D eigenvalue weighted by Gasteiger charge is 2.21. The molecule has 3 rings (SSSR count). The molecule has 0 saturated heterocycles. The highest BCUT2D eigenvalue weighted by molar-refractivity contribution is 7.15. The number of hydrogen-bond acceptors (Lipinski definition) is 6. The number of hydrogen-bond donors (Lipinski definition) is 1. The zero-order valence-corrected chi connectivity index (χ0v) is 11.6. The van der Waals surface area contributed by atoms with E-state index in [2.05, 4.69) is 10.1 Å². The van der Waals surface area contributed by atoms with E-state index in [0.717, 1.165) is 31.8 Å². The van der Waals surface area contributed by atoms with Crippen molar-refractivity contribution in [3.8, 4) is 21.1 Å². The van der Waals surface area contributed by atoms with E-state index in [-0.39, 0.29) is 0 Å². The van der Waals surface area contributed by atoms with E-state index in [1.54, 1.807) is 22.7 Å². The zero-order chi connectivity index (χ0) is 12.7. The van der Waals surface area contributed by atoms with Gasteiger partial charge in [0.2, 0.25) is 0 Å². The normalized spacial score (nSPS) is 11.0. The minimum absolute atomic E-state index is 0.429. The number of nitrogens with zero attached hydrogens (tertiary/aromatic N) is 2. The Morgan fingerprint density at radius 1 is 1.33 bits per heavy atom. The third kappa shape index (κ3) is 1.74. The molecule has 18 heavy (non-hydrogen) atoms. The molecule has 3 aromatic heterocycles. The van der Waals surface area contributed by atoms with Crippen LogP contribution in [0.4, 0.5) is 5.82 Å². The second kappa shape index (κ2) is 4.22. The van der Waals surface area contributed by atoms with Crippen molar-refractivity contribution < 1.29 is 4.52 Å². The predicted molar refractivity (Wildman–Crippen MR) is 74.8 cm³/mol. The number of aryl methyl sites for hydroxylation is 2. The summed E-state index contributed by atoms with van der Waals surface area (Å²) in [5.41, 5.74) is 7.74. The third-order valence-electron chi connectivity index (χ3n) is 2.60. The third-order valence-corrected chi connectivity index (χ3v) is 4.55. The first kappa shape index (κ1) is 11.4. The topological polar surface area (TPSA) is 64.9 Å². The van der Waals surface area contributed by atoms with Crippen molar-refractivity contribution in [3.63, 3.8) is 0 Å². The number of anilines is 1. The molecular weight excluding hydrogens is 266 g/mol. The molecule has 0 aliphatic carbocycles. The van der Waals surface area contributed by atoms with E-state index in [1.807, 2.05) is 31.4 Å². The van der Waals surface area contributed by atoms with Gasteiger partial charge in [0.25, 0.3) is 0 Å². The molecule has 92 valence electrons. The summed E-state index contributed by atoms with van der Waals surface area (Å²) in [6, 6.07) is 4.00. The smallest absolute Gasteiger partial charge is 0.189 e. The summed E-state index contributed by atoms with van der Waals surface area (Å²) in [6.07, 6.45) is 0. The van der Waals surface area contributed by atoms with Crippen molar-refractivity contribution in [2.45, 2.75) is 13.8 Å². The molecule has 0 aliphatic rings. The van der Waals surface area contributed by atoms with Crippen LogP contribution in [0.2, 0.25) is 0 Å². The Hall–Kier alpha value is -1.66. The second-order valence-corrected chi connectivity index (χ2v) is 6.05. The van der Waals surface area contributed by atoms with Crippen LogP contribution >= 0.6 is 22.7 Å². The number of aromatic nitrogens is 2. The summed E-state index contributed by atoms with van der Waals surface area (Å²) in [6.45, 7) is 3.95. The molecule has 0 radical (unpaired) electrons. The van der Waals surface area contributed by atoms with E-state index in [0.29, 0.717) is 5.82 Å². The average Bonchev–Trinajstić information content (AvgIpc) is 2.99. The Labute approximate surface area is 112 Å². The maximum Gasteiger partial charge on any atom is 0.189 e. The Bertz CT molecular complexity index is 682. The molecule has 4 nitrogen and oxygen atoms in total. The van der Waals surface area contributed by atoms with Gasteiger partial charge in [0.1, 0.15) is 0 Å². The lowest BCUT2D eigenvalue weighted by Gasteiger charge is -1.97. The standard InChI is InChI=1S/C12H11N3OS2/c1-6-11(18-7(2)14-6)10-9(12(13)15-16-10)8-4-3-5-17-8/h3-5H,1-2H3,(H2,13,15). The number of nitrogens with two attached hydrogens (primary N) is 1. The highest BCUT2D eigenvalue weighted by Crippen LogP contribution is 2.41. The van der Waals surface area contributed by atoms with Crippen LogP contribution in [0, 0.1) is 13.8 Å². The van der Waals surface area contributed by atoms with E-state index < -0.39 is 0 Å². The lowest BCUT2D eigenvalue weighted by molar-refractivity contribution is 0.436. The fraction of sp³-hybridized carbons (Fsp3) is 0.167. The number of thiophene rings is 1. The van der Waals surface area contributed by atoms with Gasteiger partial charge in [0.05, 0.1) is 21.1 Å². The van der Waals surface area contributed by atoms with Gasteiger partial charge in [-0.25, -0.2) is 4.98 Å². The molecule has 0 fully saturated rings. The van der Waals surface area contributed by atoms with Gasteiger partial charge in [-0.15, -0.1) is 22.7 Å². The monoisotopic (exact) mass is 277 g/mol. The molecule has 0 unspecified atom stereocenters. The predicted octanol–water partition coefficient (Wildman–Crippen LogP) is 3.73. The van der Waals surface area contributed by atoms with Crippen molar-refractivity contribution in [2.24, 2.45) is 0 Å². The molecule has 2 N–H and O–H groups in total. The Morgan fingerprint density at radius 2 is 2.17 bits per heavy atom. The van der Waals surface area contributed by atoms with Crippen molar-refractivity contribution in [1.29, 1.82) is 0 Å². The van der Waals surface area contributed by atoms with Crippen LogP contribution in [0.3, 0.4) is 0 Å². The van der Waals surface area contributed by atoms with Crippen LogP contribution in [0.25, 0.3) is 21.1 Å². The van der Waals surface area contributed by atoms with Crippen LogP contribution in [-0.2, 0) is 0 Å². The lowest BCUT2D eigenvalue weighted by Crippen LogP contribution is -1.86. The van der Waals surface area contributed by atoms with Crippen molar-refractivity contribution in [1.82, 2.24) is 10.1 Å². The largest absolute Gasteiger partial charge is 0.380 e. The molecule has 3 aromatic rings. The number of thiazole rings is 1. The highest BCUT2D eigenvalue weighted by atomic mass is 32.1. The van der Waals surface area contributed by atoms with Crippen molar-refractivity contribution in [2.75, 3.05) is 5.73 Å². The first-order chi connectivity index (χ1) is 8.66. The summed E-state index contributed by atoms with van der Waals surface area (Å²) >= 11 is 3.22. The van der Waals surface area contributed by atoms with Gasteiger partial charge in [-0.2, -0.15) is 0 Å². The minimum atomic E-state index is 0.429. The average molecular weight is 277 g/mol. The Balaban J connectivity index is 2.23. The van der Waals surface area contributed by atoms with E-state index in [1.165, 1.54) is 0 Å². The van der Waals surface area contributed by atoms with E-state index in [9.17, 15) is 0 Å². The summed E-state index contributed by atoms with van der Waals surface area (Å²) in [5.74, 6) is 1.15. The summed E-state index contributed by atoms with van der Waals surface area (Å²) in [7, 11) is 0. The van der Waals surface area contributed by atoms with E-state index in [4.69, 9.17) is 10.3 Å². The van der Waals surface area contributed by atoms with Gasteiger partial charge in [-0.3, -0.25) is 0 Å². The molecule has 0 aromatic carbocycles. The molecule has 0 atom stereocenters. The molecule has 6 heteroatoms. The molecular formula is C12H11N3OS2. The molecule has 0 bridgehead atoms. The Kier molecular flexibility index (Phi) is 2.68. The second-order valence-electron chi connectivity index (χ2n) is 3.90. The van der Waals surface area contributed by atoms with Gasteiger partial charge in [-0.1, -0.05) is 11.2 Å². The maximum atomic E-state index is 5.91. The van der Waals surface area contributed by atoms with Crippen molar-refractivity contribution >= 4 is 28.5 Å². The van der Waals surface area contributed by atoms with Gasteiger partial charge in [0.15, 0.2) is 11.6 Å². The van der Waals surface area contributed by atoms with Gasteiger partial charge in [0, 0.05) is 4.88 Å². The van der Waals surface area contributed by atoms with Gasteiger partial charge < -0.3 is 10.3 Å². The fourth-order valence-electron chi connectivity index (χ4n) is 1.86. The quantitative estimate of drug-likeness (QED) is 0.775. The van der Waals surface area contributed by atoms with Gasteiger partial charge in [-0.05, 0) is 25.3 Å². The number of rotatable bonds is 2. The van der Waals surface area contributed by atoms with Crippen LogP contribution in [0.5, 0.6) is 0 Å². The van der Waals surface area contributed by atoms with Gasteiger partial charge >= 0.3 is 0 Å².